The van der Waals surface area contributed by atoms with Gasteiger partial charge in [-0.05, 0) is 19.1 Å². The first kappa shape index (κ1) is 11.8. The van der Waals surface area contributed by atoms with E-state index in [2.05, 4.69) is 0 Å². The number of hydrogen-bond acceptors (Lipinski definition) is 4. The molecule has 0 fully saturated rings. The number of benzene rings is 1. The first-order valence-electron chi connectivity index (χ1n) is 4.40. The van der Waals surface area contributed by atoms with Crippen LogP contribution in [-0.2, 0) is 9.59 Å². The summed E-state index contributed by atoms with van der Waals surface area (Å²) in [5, 5.41) is 27.3. The summed E-state index contributed by atoms with van der Waals surface area (Å²) in [4.78, 5) is 21.7. The lowest BCUT2D eigenvalue weighted by Crippen LogP contribution is -2.08. The number of aromatic hydroxyl groups is 2. The second-order valence-corrected chi connectivity index (χ2v) is 3.13. The smallest absolute Gasteiger partial charge is 0.339 e. The van der Waals surface area contributed by atoms with Gasteiger partial charge in [0.2, 0.25) is 0 Å². The third-order valence-electron chi connectivity index (χ3n) is 1.96. The summed E-state index contributed by atoms with van der Waals surface area (Å²) < 4.78 is 0. The van der Waals surface area contributed by atoms with Gasteiger partial charge in [-0.3, -0.25) is 4.79 Å². The van der Waals surface area contributed by atoms with E-state index in [1.165, 1.54) is 18.2 Å². The molecule has 1 rings (SSSR count). The molecule has 0 atom stereocenters. The number of carbonyl (C=O) groups excluding carboxylic acids is 1. The number of phenols is 2. The van der Waals surface area contributed by atoms with Gasteiger partial charge >= 0.3 is 5.97 Å². The fraction of sp³-hybridized carbons (Fsp3) is 0.0909. The molecule has 0 saturated heterocycles. The Morgan fingerprint density at radius 2 is 1.88 bits per heavy atom. The maximum Gasteiger partial charge on any atom is 0.339 e. The predicted molar refractivity (Wildman–Crippen MR) is 56.1 cm³/mol. The molecular weight excluding hydrogens is 212 g/mol. The first-order chi connectivity index (χ1) is 7.43. The average molecular weight is 222 g/mol. The van der Waals surface area contributed by atoms with Crippen LogP contribution in [0.5, 0.6) is 11.5 Å². The van der Waals surface area contributed by atoms with Crippen LogP contribution in [0.25, 0.3) is 6.08 Å². The van der Waals surface area contributed by atoms with Gasteiger partial charge in [0, 0.05) is 5.56 Å². The number of carboxylic acids is 1. The number of para-hydroxylation sites is 1. The van der Waals surface area contributed by atoms with Gasteiger partial charge in [0.15, 0.2) is 17.3 Å². The fourth-order valence-corrected chi connectivity index (χ4v) is 1.13. The molecule has 0 spiro atoms. The third kappa shape index (κ3) is 2.38. The van der Waals surface area contributed by atoms with Crippen LogP contribution >= 0.6 is 0 Å². The summed E-state index contributed by atoms with van der Waals surface area (Å²) in [6, 6.07) is 4.07. The van der Waals surface area contributed by atoms with Crippen LogP contribution < -0.4 is 0 Å². The lowest BCUT2D eigenvalue weighted by molar-refractivity contribution is -0.134. The Bertz CT molecular complexity index is 457. The Balaban J connectivity index is 3.29. The number of phenolic OH excluding ortho intramolecular Hbond substituents is 2. The second kappa shape index (κ2) is 4.48. The van der Waals surface area contributed by atoms with Crippen molar-refractivity contribution < 1.29 is 24.9 Å². The molecule has 0 unspecified atom stereocenters. The maximum absolute atomic E-state index is 11.0. The molecular formula is C11H10O5. The van der Waals surface area contributed by atoms with Crippen molar-refractivity contribution in [2.75, 3.05) is 0 Å². The summed E-state index contributed by atoms with van der Waals surface area (Å²) in [5.74, 6) is -2.84. The van der Waals surface area contributed by atoms with Gasteiger partial charge in [0.25, 0.3) is 0 Å². The van der Waals surface area contributed by atoms with Crippen molar-refractivity contribution in [3.8, 4) is 11.5 Å². The van der Waals surface area contributed by atoms with Gasteiger partial charge < -0.3 is 15.3 Å². The summed E-state index contributed by atoms with van der Waals surface area (Å²) in [6.07, 6.45) is 1.01. The van der Waals surface area contributed by atoms with Gasteiger partial charge in [0.05, 0.1) is 0 Å². The van der Waals surface area contributed by atoms with Crippen LogP contribution in [0.3, 0.4) is 0 Å². The van der Waals surface area contributed by atoms with Crippen molar-refractivity contribution in [1.82, 2.24) is 0 Å². The molecule has 1 aromatic rings. The van der Waals surface area contributed by atoms with E-state index in [0.29, 0.717) is 0 Å². The third-order valence-corrected chi connectivity index (χ3v) is 1.96. The van der Waals surface area contributed by atoms with E-state index in [9.17, 15) is 19.8 Å². The van der Waals surface area contributed by atoms with Crippen molar-refractivity contribution >= 4 is 17.8 Å². The topological polar surface area (TPSA) is 94.8 Å². The Morgan fingerprint density at radius 1 is 1.25 bits per heavy atom. The zero-order chi connectivity index (χ0) is 12.3. The number of carboxylic acid groups (broad SMARTS) is 1. The van der Waals surface area contributed by atoms with Gasteiger partial charge in [0.1, 0.15) is 5.57 Å². The van der Waals surface area contributed by atoms with Gasteiger partial charge in [-0.1, -0.05) is 12.1 Å². The van der Waals surface area contributed by atoms with Gasteiger partial charge in [-0.2, -0.15) is 0 Å². The number of Topliss-reactive ketones (excluding diaryl/α,β-unsaturated/α-hetero) is 1. The molecule has 5 nitrogen and oxygen atoms in total. The Hall–Kier alpha value is -2.30. The highest BCUT2D eigenvalue weighted by molar-refractivity contribution is 6.19. The van der Waals surface area contributed by atoms with Crippen LogP contribution in [-0.4, -0.2) is 27.1 Å². The van der Waals surface area contributed by atoms with E-state index in [4.69, 9.17) is 5.11 Å². The van der Waals surface area contributed by atoms with E-state index >= 15 is 0 Å². The maximum atomic E-state index is 11.0. The van der Waals surface area contributed by atoms with E-state index < -0.39 is 23.1 Å². The molecule has 5 heteroatoms. The monoisotopic (exact) mass is 222 g/mol. The highest BCUT2D eigenvalue weighted by atomic mass is 16.4. The number of hydrogen-bond donors (Lipinski definition) is 3. The summed E-state index contributed by atoms with van der Waals surface area (Å²) >= 11 is 0. The molecule has 3 N–H and O–H groups in total. The molecule has 0 amide bonds. The van der Waals surface area contributed by atoms with E-state index in [1.54, 1.807) is 0 Å². The number of aliphatic carboxylic acids is 1. The molecule has 1 aromatic carbocycles. The number of ketones is 1. The zero-order valence-corrected chi connectivity index (χ0v) is 8.47. The average Bonchev–Trinajstić information content (AvgIpc) is 2.19. The quantitative estimate of drug-likeness (QED) is 0.308. The first-order valence-corrected chi connectivity index (χ1v) is 4.40. The standard InChI is InChI=1S/C11H10O5/c1-6(12)8(11(15)16)5-7-3-2-4-9(13)10(7)14/h2-5,13-14H,1H3,(H,15,16). The van der Waals surface area contributed by atoms with Crippen LogP contribution in [0.1, 0.15) is 12.5 Å². The fourth-order valence-electron chi connectivity index (χ4n) is 1.13. The van der Waals surface area contributed by atoms with Crippen molar-refractivity contribution in [3.05, 3.63) is 29.3 Å². The highest BCUT2D eigenvalue weighted by Gasteiger charge is 2.14. The van der Waals surface area contributed by atoms with Crippen molar-refractivity contribution in [1.29, 1.82) is 0 Å². The minimum absolute atomic E-state index is 0.0765. The van der Waals surface area contributed by atoms with E-state index in [-0.39, 0.29) is 11.3 Å². The molecule has 0 radical (unpaired) electrons. The SMILES string of the molecule is CC(=O)C(=Cc1cccc(O)c1O)C(=O)O. The number of rotatable bonds is 3. The van der Waals surface area contributed by atoms with Crippen LogP contribution in [0, 0.1) is 0 Å². The van der Waals surface area contributed by atoms with Gasteiger partial charge in [-0.15, -0.1) is 0 Å². The molecule has 0 saturated carbocycles. The van der Waals surface area contributed by atoms with Crippen LogP contribution in [0.2, 0.25) is 0 Å². The summed E-state index contributed by atoms with van der Waals surface area (Å²) in [7, 11) is 0. The van der Waals surface area contributed by atoms with Crippen LogP contribution in [0.15, 0.2) is 23.8 Å². The minimum Gasteiger partial charge on any atom is -0.504 e. The molecule has 84 valence electrons. The number of carbonyl (C=O) groups is 2. The van der Waals surface area contributed by atoms with E-state index in [1.807, 2.05) is 0 Å². The molecule has 16 heavy (non-hydrogen) atoms. The normalized spacial score (nSPS) is 11.2. The Kier molecular flexibility index (Phi) is 3.30. The molecule has 0 aromatic heterocycles. The largest absolute Gasteiger partial charge is 0.504 e. The molecule has 0 aliphatic rings. The molecule has 0 bridgehead atoms. The zero-order valence-electron chi connectivity index (χ0n) is 8.47. The molecule has 0 aliphatic heterocycles. The van der Waals surface area contributed by atoms with Crippen molar-refractivity contribution in [2.24, 2.45) is 0 Å². The second-order valence-electron chi connectivity index (χ2n) is 3.13. The summed E-state index contributed by atoms with van der Waals surface area (Å²) in [5.41, 5.74) is -0.381. The molecule has 0 heterocycles. The lowest BCUT2D eigenvalue weighted by Gasteiger charge is -2.02. The van der Waals surface area contributed by atoms with E-state index in [0.717, 1.165) is 13.0 Å². The lowest BCUT2D eigenvalue weighted by atomic mass is 10.1. The molecule has 0 aliphatic carbocycles. The van der Waals surface area contributed by atoms with Gasteiger partial charge in [-0.25, -0.2) is 4.79 Å². The highest BCUT2D eigenvalue weighted by Crippen LogP contribution is 2.29. The van der Waals surface area contributed by atoms with Crippen LogP contribution in [0.4, 0.5) is 0 Å². The van der Waals surface area contributed by atoms with Crippen molar-refractivity contribution in [2.45, 2.75) is 6.92 Å². The van der Waals surface area contributed by atoms with Crippen molar-refractivity contribution in [3.63, 3.8) is 0 Å². The Morgan fingerprint density at radius 3 is 2.38 bits per heavy atom. The predicted octanol–water partition coefficient (Wildman–Crippen LogP) is 1.15. The Labute approximate surface area is 91.3 Å². The summed E-state index contributed by atoms with van der Waals surface area (Å²) in [6.45, 7) is 1.11. The minimum atomic E-state index is -1.38.